The average molecular weight is 336 g/mol. The Bertz CT molecular complexity index is 778. The van der Waals surface area contributed by atoms with E-state index in [1.807, 2.05) is 29.3 Å². The highest BCUT2D eigenvalue weighted by Crippen LogP contribution is 2.24. The first-order valence-electron chi connectivity index (χ1n) is 8.54. The molecule has 130 valence electrons. The number of hydrogen-bond donors (Lipinski definition) is 1. The molecule has 0 fully saturated rings. The zero-order chi connectivity index (χ0) is 17.9. The molecule has 0 aliphatic carbocycles. The number of urea groups is 1. The van der Waals surface area contributed by atoms with Crippen molar-refractivity contribution in [3.63, 3.8) is 0 Å². The average Bonchev–Trinajstić information content (AvgIpc) is 2.62. The molecule has 3 heterocycles. The van der Waals surface area contributed by atoms with E-state index >= 15 is 0 Å². The standard InChI is InChI=1S/C20H24N4O/c1-20(2,3)17-11-18(13-22-12-17)23-19(25)24-10-4-5-16(14-24)15-6-8-21-9-7-15/h5-9,11-13H,4,10,14H2,1-3H3,(H,23,25). The lowest BCUT2D eigenvalue weighted by Crippen LogP contribution is -2.38. The van der Waals surface area contributed by atoms with Gasteiger partial charge in [-0.2, -0.15) is 0 Å². The largest absolute Gasteiger partial charge is 0.322 e. The van der Waals surface area contributed by atoms with Crippen LogP contribution in [0.25, 0.3) is 5.57 Å². The van der Waals surface area contributed by atoms with Gasteiger partial charge in [0.15, 0.2) is 0 Å². The summed E-state index contributed by atoms with van der Waals surface area (Å²) in [4.78, 5) is 22.8. The fourth-order valence-corrected chi connectivity index (χ4v) is 2.81. The minimum Gasteiger partial charge on any atom is -0.320 e. The maximum Gasteiger partial charge on any atom is 0.322 e. The molecule has 5 nitrogen and oxygen atoms in total. The van der Waals surface area contributed by atoms with Gasteiger partial charge in [-0.1, -0.05) is 26.8 Å². The predicted octanol–water partition coefficient (Wildman–Crippen LogP) is 4.10. The van der Waals surface area contributed by atoms with Crippen LogP contribution in [0.2, 0.25) is 0 Å². The van der Waals surface area contributed by atoms with E-state index in [0.717, 1.165) is 28.8 Å². The number of aromatic nitrogens is 2. The van der Waals surface area contributed by atoms with Crippen molar-refractivity contribution in [2.75, 3.05) is 18.4 Å². The molecule has 0 bridgehead atoms. The van der Waals surface area contributed by atoms with Gasteiger partial charge in [0.1, 0.15) is 0 Å². The summed E-state index contributed by atoms with van der Waals surface area (Å²) in [6.07, 6.45) is 10.1. The lowest BCUT2D eigenvalue weighted by Gasteiger charge is -2.28. The molecule has 1 N–H and O–H groups in total. The third kappa shape index (κ3) is 4.24. The summed E-state index contributed by atoms with van der Waals surface area (Å²) in [5.41, 5.74) is 4.10. The van der Waals surface area contributed by atoms with Crippen LogP contribution in [0.15, 0.2) is 49.1 Å². The highest BCUT2D eigenvalue weighted by molar-refractivity contribution is 5.90. The molecule has 25 heavy (non-hydrogen) atoms. The lowest BCUT2D eigenvalue weighted by molar-refractivity contribution is 0.217. The summed E-state index contributed by atoms with van der Waals surface area (Å²) in [6, 6.07) is 5.86. The molecule has 2 aromatic heterocycles. The second kappa shape index (κ2) is 7.05. The Morgan fingerprint density at radius 2 is 1.92 bits per heavy atom. The van der Waals surface area contributed by atoms with E-state index in [4.69, 9.17) is 0 Å². The number of amides is 2. The van der Waals surface area contributed by atoms with Gasteiger partial charge in [-0.15, -0.1) is 0 Å². The van der Waals surface area contributed by atoms with Gasteiger partial charge < -0.3 is 10.2 Å². The van der Waals surface area contributed by atoms with Crippen molar-refractivity contribution >= 4 is 17.3 Å². The SMILES string of the molecule is CC(C)(C)c1cncc(NC(=O)N2CCC=C(c3ccncc3)C2)c1. The number of nitrogens with zero attached hydrogens (tertiary/aromatic N) is 3. The predicted molar refractivity (Wildman–Crippen MR) is 100 cm³/mol. The van der Waals surface area contributed by atoms with Gasteiger partial charge in [0, 0.05) is 31.7 Å². The van der Waals surface area contributed by atoms with Crippen molar-refractivity contribution < 1.29 is 4.79 Å². The van der Waals surface area contributed by atoms with Crippen molar-refractivity contribution in [1.29, 1.82) is 0 Å². The van der Waals surface area contributed by atoms with Gasteiger partial charge in [0.05, 0.1) is 11.9 Å². The number of carbonyl (C=O) groups excluding carboxylic acids is 1. The Kier molecular flexibility index (Phi) is 4.83. The molecule has 2 aromatic rings. The van der Waals surface area contributed by atoms with Gasteiger partial charge in [-0.05, 0) is 46.7 Å². The van der Waals surface area contributed by atoms with Crippen molar-refractivity contribution in [1.82, 2.24) is 14.9 Å². The lowest BCUT2D eigenvalue weighted by atomic mass is 9.88. The van der Waals surface area contributed by atoms with Crippen LogP contribution >= 0.6 is 0 Å². The number of anilines is 1. The number of hydrogen-bond acceptors (Lipinski definition) is 3. The third-order valence-corrected chi connectivity index (χ3v) is 4.34. The Labute approximate surface area is 148 Å². The minimum atomic E-state index is -0.0903. The topological polar surface area (TPSA) is 58.1 Å². The molecule has 0 saturated carbocycles. The van der Waals surface area contributed by atoms with Crippen LogP contribution in [0.3, 0.4) is 0 Å². The van der Waals surface area contributed by atoms with Crippen LogP contribution < -0.4 is 5.32 Å². The Morgan fingerprint density at radius 1 is 1.16 bits per heavy atom. The number of carbonyl (C=O) groups is 1. The molecule has 0 atom stereocenters. The first-order chi connectivity index (χ1) is 11.9. The van der Waals surface area contributed by atoms with E-state index in [1.54, 1.807) is 18.6 Å². The van der Waals surface area contributed by atoms with E-state index < -0.39 is 0 Å². The fourth-order valence-electron chi connectivity index (χ4n) is 2.81. The summed E-state index contributed by atoms with van der Waals surface area (Å²) in [5, 5.41) is 2.98. The van der Waals surface area contributed by atoms with Gasteiger partial charge in [0.2, 0.25) is 0 Å². The van der Waals surface area contributed by atoms with E-state index in [0.29, 0.717) is 13.1 Å². The molecule has 0 spiro atoms. The van der Waals surface area contributed by atoms with Crippen LogP contribution in [0, 0.1) is 0 Å². The second-order valence-electron chi connectivity index (χ2n) is 7.32. The van der Waals surface area contributed by atoms with Crippen LogP contribution in [0.4, 0.5) is 10.5 Å². The summed E-state index contributed by atoms with van der Waals surface area (Å²) in [7, 11) is 0. The molecule has 2 amide bonds. The summed E-state index contributed by atoms with van der Waals surface area (Å²) in [5.74, 6) is 0. The van der Waals surface area contributed by atoms with Crippen LogP contribution in [-0.4, -0.2) is 34.0 Å². The second-order valence-corrected chi connectivity index (χ2v) is 7.32. The highest BCUT2D eigenvalue weighted by Gasteiger charge is 2.20. The van der Waals surface area contributed by atoms with Crippen LogP contribution in [0.5, 0.6) is 0 Å². The summed E-state index contributed by atoms with van der Waals surface area (Å²) in [6.45, 7) is 7.71. The van der Waals surface area contributed by atoms with Crippen molar-refractivity contribution in [2.45, 2.75) is 32.6 Å². The Hall–Kier alpha value is -2.69. The zero-order valence-electron chi connectivity index (χ0n) is 15.0. The molecule has 3 rings (SSSR count). The smallest absolute Gasteiger partial charge is 0.320 e. The van der Waals surface area contributed by atoms with Crippen molar-refractivity contribution in [3.8, 4) is 0 Å². The summed E-state index contributed by atoms with van der Waals surface area (Å²) >= 11 is 0. The maximum absolute atomic E-state index is 12.7. The van der Waals surface area contributed by atoms with Crippen LogP contribution in [-0.2, 0) is 5.41 Å². The van der Waals surface area contributed by atoms with Gasteiger partial charge in [-0.25, -0.2) is 4.79 Å². The van der Waals surface area contributed by atoms with Gasteiger partial charge in [0.25, 0.3) is 0 Å². The molecule has 1 aliphatic rings. The van der Waals surface area contributed by atoms with E-state index in [1.165, 1.54) is 0 Å². The molecule has 0 aromatic carbocycles. The molecular formula is C20H24N4O. The van der Waals surface area contributed by atoms with Crippen molar-refractivity contribution in [2.24, 2.45) is 0 Å². The number of rotatable bonds is 2. The first kappa shape index (κ1) is 17.1. The zero-order valence-corrected chi connectivity index (χ0v) is 15.0. The van der Waals surface area contributed by atoms with Crippen molar-refractivity contribution in [3.05, 3.63) is 60.2 Å². The Balaban J connectivity index is 1.69. The molecular weight excluding hydrogens is 312 g/mol. The van der Waals surface area contributed by atoms with E-state index in [9.17, 15) is 4.79 Å². The minimum absolute atomic E-state index is 0.00386. The monoisotopic (exact) mass is 336 g/mol. The number of pyridine rings is 2. The molecule has 0 radical (unpaired) electrons. The van der Waals surface area contributed by atoms with E-state index in [-0.39, 0.29) is 11.4 Å². The molecule has 0 unspecified atom stereocenters. The quantitative estimate of drug-likeness (QED) is 0.898. The molecule has 0 saturated heterocycles. The highest BCUT2D eigenvalue weighted by atomic mass is 16.2. The van der Waals surface area contributed by atoms with Crippen LogP contribution in [0.1, 0.15) is 38.3 Å². The normalized spacial score (nSPS) is 14.8. The van der Waals surface area contributed by atoms with Gasteiger partial charge >= 0.3 is 6.03 Å². The summed E-state index contributed by atoms with van der Waals surface area (Å²) < 4.78 is 0. The third-order valence-electron chi connectivity index (χ3n) is 4.34. The van der Waals surface area contributed by atoms with E-state index in [2.05, 4.69) is 42.1 Å². The Morgan fingerprint density at radius 3 is 2.64 bits per heavy atom. The molecule has 1 aliphatic heterocycles. The number of nitrogens with one attached hydrogen (secondary N) is 1. The fraction of sp³-hybridized carbons (Fsp3) is 0.350. The first-order valence-corrected chi connectivity index (χ1v) is 8.54. The van der Waals surface area contributed by atoms with Gasteiger partial charge in [-0.3, -0.25) is 9.97 Å². The molecule has 5 heteroatoms. The maximum atomic E-state index is 12.7.